The predicted octanol–water partition coefficient (Wildman–Crippen LogP) is 4.01. The van der Waals surface area contributed by atoms with Gasteiger partial charge >= 0.3 is 0 Å². The Morgan fingerprint density at radius 2 is 1.97 bits per heavy atom. The summed E-state index contributed by atoms with van der Waals surface area (Å²) in [6.07, 6.45) is 5.53. The van der Waals surface area contributed by atoms with Crippen LogP contribution in [0.4, 0.5) is 5.82 Å². The Morgan fingerprint density at radius 3 is 2.81 bits per heavy atom. The summed E-state index contributed by atoms with van der Waals surface area (Å²) in [5.41, 5.74) is 2.64. The number of hydrogen-bond donors (Lipinski definition) is 0. The van der Waals surface area contributed by atoms with E-state index in [1.807, 2.05) is 74.8 Å². The summed E-state index contributed by atoms with van der Waals surface area (Å²) in [5, 5.41) is 1.91. The Balaban J connectivity index is 1.28. The summed E-state index contributed by atoms with van der Waals surface area (Å²) in [5.74, 6) is 0.629. The van der Waals surface area contributed by atoms with Gasteiger partial charge in [0.2, 0.25) is 0 Å². The molecule has 3 aromatic heterocycles. The number of aromatic nitrogens is 4. The molecular weight excluding hydrogens is 472 g/mol. The Hall–Kier alpha value is -3.60. The van der Waals surface area contributed by atoms with E-state index in [0.717, 1.165) is 33.2 Å². The SMILES string of the molecule is Cc1cc2cccnc2cc1OC[C@H]1OC(n2ccc3c(/N=C/N(C)C)ncnc32)[C@@H]2OC(C)(C)O[C@H]12. The molecule has 2 saturated heterocycles. The molecule has 192 valence electrons. The topological polar surface area (TPSA) is 96.1 Å². The molecule has 0 aliphatic carbocycles. The maximum absolute atomic E-state index is 6.53. The van der Waals surface area contributed by atoms with E-state index in [4.69, 9.17) is 18.9 Å². The number of aliphatic imine (C=N–C) groups is 1. The highest BCUT2D eigenvalue weighted by molar-refractivity contribution is 5.87. The van der Waals surface area contributed by atoms with Gasteiger partial charge in [0.15, 0.2) is 17.8 Å². The van der Waals surface area contributed by atoms with Crippen molar-refractivity contribution in [2.45, 2.75) is 51.1 Å². The lowest BCUT2D eigenvalue weighted by molar-refractivity contribution is -0.198. The van der Waals surface area contributed by atoms with E-state index in [1.165, 1.54) is 6.33 Å². The summed E-state index contributed by atoms with van der Waals surface area (Å²) < 4.78 is 27.4. The van der Waals surface area contributed by atoms with E-state index in [1.54, 1.807) is 12.5 Å². The maximum Gasteiger partial charge on any atom is 0.166 e. The Morgan fingerprint density at radius 1 is 1.14 bits per heavy atom. The predicted molar refractivity (Wildman–Crippen MR) is 139 cm³/mol. The molecule has 10 heteroatoms. The van der Waals surface area contributed by atoms with Crippen LogP contribution in [0.3, 0.4) is 0 Å². The number of nitrogens with zero attached hydrogens (tertiary/aromatic N) is 6. The molecule has 1 aromatic carbocycles. The largest absolute Gasteiger partial charge is 0.490 e. The zero-order chi connectivity index (χ0) is 25.7. The third-order valence-corrected chi connectivity index (χ3v) is 6.60. The molecule has 4 aromatic rings. The second kappa shape index (κ2) is 9.05. The number of benzene rings is 1. The first-order chi connectivity index (χ1) is 17.8. The van der Waals surface area contributed by atoms with Gasteiger partial charge in [0.05, 0.1) is 17.2 Å². The van der Waals surface area contributed by atoms with Crippen molar-refractivity contribution in [2.24, 2.45) is 4.99 Å². The zero-order valence-electron chi connectivity index (χ0n) is 21.5. The lowest BCUT2D eigenvalue weighted by Crippen LogP contribution is -2.34. The first kappa shape index (κ1) is 23.8. The molecule has 0 spiro atoms. The number of hydrogen-bond acceptors (Lipinski definition) is 8. The normalized spacial score (nSPS) is 24.8. The van der Waals surface area contributed by atoms with Crippen LogP contribution in [-0.4, -0.2) is 75.6 Å². The van der Waals surface area contributed by atoms with Crippen molar-refractivity contribution >= 4 is 34.1 Å². The molecule has 0 saturated carbocycles. The highest BCUT2D eigenvalue weighted by Gasteiger charge is 2.56. The van der Waals surface area contributed by atoms with Crippen molar-refractivity contribution in [2.75, 3.05) is 20.7 Å². The molecule has 37 heavy (non-hydrogen) atoms. The van der Waals surface area contributed by atoms with Gasteiger partial charge in [0, 0.05) is 37.9 Å². The fourth-order valence-corrected chi connectivity index (χ4v) is 5.00. The van der Waals surface area contributed by atoms with Gasteiger partial charge in [-0.2, -0.15) is 0 Å². The highest BCUT2D eigenvalue weighted by Crippen LogP contribution is 2.44. The lowest BCUT2D eigenvalue weighted by Gasteiger charge is -2.25. The summed E-state index contributed by atoms with van der Waals surface area (Å²) in [7, 11) is 3.83. The average molecular weight is 503 g/mol. The average Bonchev–Trinajstić information content (AvgIpc) is 3.52. The Labute approximate surface area is 214 Å². The van der Waals surface area contributed by atoms with E-state index in [2.05, 4.69) is 26.0 Å². The fraction of sp³-hybridized carbons (Fsp3) is 0.407. The van der Waals surface area contributed by atoms with Crippen LogP contribution in [0.1, 0.15) is 25.6 Å². The molecule has 4 atom stereocenters. The van der Waals surface area contributed by atoms with Crippen molar-refractivity contribution in [1.82, 2.24) is 24.4 Å². The van der Waals surface area contributed by atoms with E-state index in [0.29, 0.717) is 12.4 Å². The molecular formula is C27H30N6O4. The Kier molecular flexibility index (Phi) is 5.82. The molecule has 6 rings (SSSR count). The molecule has 0 N–H and O–H groups in total. The standard InChI is InChI=1S/C27H30N6O4/c1-16-11-17-7-6-9-28-19(17)12-20(16)34-13-21-22-23(37-27(2,3)36-22)26(35-21)33-10-8-18-24(31-15-32(4)5)29-14-30-25(18)33/h6-12,14-15,21-23,26H,13H2,1-5H3/b31-15+/t21-,22-,23-,26?/m1/s1. The summed E-state index contributed by atoms with van der Waals surface area (Å²) in [4.78, 5) is 19.7. The van der Waals surface area contributed by atoms with Gasteiger partial charge in [0.1, 0.15) is 42.6 Å². The molecule has 2 aliphatic heterocycles. The molecule has 0 bridgehead atoms. The number of ether oxygens (including phenoxy) is 4. The van der Waals surface area contributed by atoms with Crippen LogP contribution in [0.2, 0.25) is 0 Å². The first-order valence-electron chi connectivity index (χ1n) is 12.3. The van der Waals surface area contributed by atoms with Crippen LogP contribution in [0.25, 0.3) is 21.9 Å². The molecule has 2 fully saturated rings. The third-order valence-electron chi connectivity index (χ3n) is 6.60. The van der Waals surface area contributed by atoms with Gasteiger partial charge in [-0.15, -0.1) is 0 Å². The first-order valence-corrected chi connectivity index (χ1v) is 12.3. The van der Waals surface area contributed by atoms with E-state index >= 15 is 0 Å². The van der Waals surface area contributed by atoms with E-state index < -0.39 is 12.0 Å². The van der Waals surface area contributed by atoms with Gasteiger partial charge in [-0.1, -0.05) is 6.07 Å². The van der Waals surface area contributed by atoms with Gasteiger partial charge < -0.3 is 28.4 Å². The van der Waals surface area contributed by atoms with Crippen LogP contribution in [0.15, 0.2) is 54.0 Å². The second-order valence-corrected chi connectivity index (χ2v) is 10.1. The third kappa shape index (κ3) is 4.41. The van der Waals surface area contributed by atoms with E-state index in [9.17, 15) is 0 Å². The number of rotatable bonds is 6. The number of fused-ring (bicyclic) bond motifs is 3. The number of aryl methyl sites for hydroxylation is 1. The number of pyridine rings is 1. The van der Waals surface area contributed by atoms with E-state index in [-0.39, 0.29) is 18.3 Å². The summed E-state index contributed by atoms with van der Waals surface area (Å²) in [6.45, 7) is 6.18. The van der Waals surface area contributed by atoms with Crippen LogP contribution in [-0.2, 0) is 14.2 Å². The van der Waals surface area contributed by atoms with Crippen molar-refractivity contribution in [3.63, 3.8) is 0 Å². The molecule has 1 unspecified atom stereocenters. The second-order valence-electron chi connectivity index (χ2n) is 10.1. The van der Waals surface area contributed by atoms with Crippen LogP contribution in [0, 0.1) is 6.92 Å². The molecule has 2 aliphatic rings. The van der Waals surface area contributed by atoms with Crippen molar-refractivity contribution in [1.29, 1.82) is 0 Å². The molecule has 5 heterocycles. The maximum atomic E-state index is 6.53. The lowest BCUT2D eigenvalue weighted by atomic mass is 10.1. The van der Waals surface area contributed by atoms with Gasteiger partial charge in [0.25, 0.3) is 0 Å². The quantitative estimate of drug-likeness (QED) is 0.288. The minimum atomic E-state index is -0.739. The van der Waals surface area contributed by atoms with Gasteiger partial charge in [-0.25, -0.2) is 15.0 Å². The van der Waals surface area contributed by atoms with Gasteiger partial charge in [-0.3, -0.25) is 4.98 Å². The minimum absolute atomic E-state index is 0.301. The summed E-state index contributed by atoms with van der Waals surface area (Å²) >= 11 is 0. The van der Waals surface area contributed by atoms with Crippen molar-refractivity contribution in [3.8, 4) is 5.75 Å². The smallest absolute Gasteiger partial charge is 0.166 e. The monoisotopic (exact) mass is 502 g/mol. The molecule has 0 amide bonds. The zero-order valence-corrected chi connectivity index (χ0v) is 21.5. The highest BCUT2D eigenvalue weighted by atomic mass is 16.8. The van der Waals surface area contributed by atoms with Crippen molar-refractivity contribution in [3.05, 3.63) is 54.6 Å². The van der Waals surface area contributed by atoms with Gasteiger partial charge in [-0.05, 0) is 44.5 Å². The minimum Gasteiger partial charge on any atom is -0.490 e. The van der Waals surface area contributed by atoms with Crippen LogP contribution >= 0.6 is 0 Å². The fourth-order valence-electron chi connectivity index (χ4n) is 5.00. The van der Waals surface area contributed by atoms with Crippen LogP contribution < -0.4 is 4.74 Å². The summed E-state index contributed by atoms with van der Waals surface area (Å²) in [6, 6.07) is 9.98. The Bertz CT molecular complexity index is 1480. The van der Waals surface area contributed by atoms with Crippen LogP contribution in [0.5, 0.6) is 5.75 Å². The molecule has 0 radical (unpaired) electrons. The molecule has 10 nitrogen and oxygen atoms in total. The van der Waals surface area contributed by atoms with Crippen molar-refractivity contribution < 1.29 is 18.9 Å².